The van der Waals surface area contributed by atoms with Gasteiger partial charge in [-0.25, -0.2) is 14.6 Å². The van der Waals surface area contributed by atoms with E-state index in [1.807, 2.05) is 30.3 Å². The van der Waals surface area contributed by atoms with Gasteiger partial charge in [0.15, 0.2) is 11.5 Å². The van der Waals surface area contributed by atoms with Crippen LogP contribution >= 0.6 is 0 Å². The third-order valence-corrected chi connectivity index (χ3v) is 7.18. The SMILES string of the molecule is CCOC(=O)C1=C(OS(C)(=O)=O)CNC(C2(NC(=O)OCc3ccccc3)CCC(COS(C)(=O)=O)CC2)=N1. The van der Waals surface area contributed by atoms with Crippen molar-refractivity contribution in [2.45, 2.75) is 44.8 Å². The molecule has 2 N–H and O–H groups in total. The number of carbonyl (C=O) groups excluding carboxylic acids is 2. The number of benzene rings is 1. The lowest BCUT2D eigenvalue weighted by Crippen LogP contribution is -2.61. The van der Waals surface area contributed by atoms with Gasteiger partial charge in [0.1, 0.15) is 18.0 Å². The first kappa shape index (κ1) is 30.4. The van der Waals surface area contributed by atoms with Crippen LogP contribution in [0, 0.1) is 5.92 Å². The van der Waals surface area contributed by atoms with E-state index in [-0.39, 0.29) is 49.6 Å². The summed E-state index contributed by atoms with van der Waals surface area (Å²) in [5, 5.41) is 5.85. The quantitative estimate of drug-likeness (QED) is 0.284. The van der Waals surface area contributed by atoms with Gasteiger partial charge >= 0.3 is 22.2 Å². The maximum Gasteiger partial charge on any atom is 0.408 e. The van der Waals surface area contributed by atoms with Crippen molar-refractivity contribution >= 4 is 38.1 Å². The van der Waals surface area contributed by atoms with Crippen molar-refractivity contribution in [2.24, 2.45) is 10.9 Å². The van der Waals surface area contributed by atoms with Gasteiger partial charge in [-0.3, -0.25) is 4.18 Å². The molecule has 2 aliphatic rings. The molecule has 0 atom stereocenters. The molecule has 0 spiro atoms. The van der Waals surface area contributed by atoms with Crippen molar-refractivity contribution in [2.75, 3.05) is 32.3 Å². The molecular formula is C24H33N3O10S2. The van der Waals surface area contributed by atoms with Crippen molar-refractivity contribution in [1.29, 1.82) is 0 Å². The van der Waals surface area contributed by atoms with E-state index in [1.54, 1.807) is 6.92 Å². The fourth-order valence-electron chi connectivity index (χ4n) is 4.28. The number of alkyl carbamates (subject to hydrolysis) is 1. The predicted octanol–water partition coefficient (Wildman–Crippen LogP) is 1.57. The fourth-order valence-corrected chi connectivity index (χ4v) is 5.22. The van der Waals surface area contributed by atoms with Crippen LogP contribution in [0.5, 0.6) is 0 Å². The first-order chi connectivity index (χ1) is 18.3. The Morgan fingerprint density at radius 3 is 2.31 bits per heavy atom. The number of amides is 1. The Bertz CT molecular complexity index is 1320. The molecule has 1 fully saturated rings. The van der Waals surface area contributed by atoms with Crippen LogP contribution in [0.3, 0.4) is 0 Å². The Kier molecular flexibility index (Phi) is 9.96. The highest BCUT2D eigenvalue weighted by Crippen LogP contribution is 2.35. The van der Waals surface area contributed by atoms with E-state index in [1.165, 1.54) is 0 Å². The summed E-state index contributed by atoms with van der Waals surface area (Å²) < 4.78 is 66.8. The van der Waals surface area contributed by atoms with Crippen LogP contribution < -0.4 is 10.6 Å². The van der Waals surface area contributed by atoms with E-state index < -0.39 is 37.8 Å². The molecular weight excluding hydrogens is 554 g/mol. The van der Waals surface area contributed by atoms with Gasteiger partial charge in [0, 0.05) is 0 Å². The van der Waals surface area contributed by atoms with Crippen LogP contribution in [-0.2, 0) is 49.5 Å². The highest BCUT2D eigenvalue weighted by Gasteiger charge is 2.44. The van der Waals surface area contributed by atoms with Gasteiger partial charge in [-0.1, -0.05) is 30.3 Å². The first-order valence-corrected chi connectivity index (χ1v) is 15.9. The van der Waals surface area contributed by atoms with Crippen LogP contribution in [-0.4, -0.2) is 72.5 Å². The third-order valence-electron chi connectivity index (χ3n) is 6.11. The van der Waals surface area contributed by atoms with E-state index in [9.17, 15) is 26.4 Å². The van der Waals surface area contributed by atoms with Crippen LogP contribution in [0.25, 0.3) is 0 Å². The molecule has 3 rings (SSSR count). The topological polar surface area (TPSA) is 176 Å². The number of nitrogens with zero attached hydrogens (tertiary/aromatic N) is 1. The van der Waals surface area contributed by atoms with Gasteiger partial charge < -0.3 is 24.3 Å². The zero-order valence-corrected chi connectivity index (χ0v) is 23.6. The second-order valence-electron chi connectivity index (χ2n) is 9.29. The maximum atomic E-state index is 12.9. The molecule has 0 saturated heterocycles. The summed E-state index contributed by atoms with van der Waals surface area (Å²) in [7, 11) is -7.58. The van der Waals surface area contributed by atoms with Gasteiger partial charge in [0.25, 0.3) is 10.1 Å². The summed E-state index contributed by atoms with van der Waals surface area (Å²) in [6.45, 7) is 1.42. The number of hydrogen-bond donors (Lipinski definition) is 2. The van der Waals surface area contributed by atoms with Gasteiger partial charge in [-0.05, 0) is 44.1 Å². The lowest BCUT2D eigenvalue weighted by Gasteiger charge is -2.42. The maximum absolute atomic E-state index is 12.9. The Morgan fingerprint density at radius 1 is 1.05 bits per heavy atom. The predicted molar refractivity (Wildman–Crippen MR) is 140 cm³/mol. The molecule has 1 aromatic rings. The van der Waals surface area contributed by atoms with Crippen molar-refractivity contribution in [3.8, 4) is 0 Å². The Hall–Kier alpha value is -3.17. The lowest BCUT2D eigenvalue weighted by molar-refractivity contribution is -0.138. The molecule has 0 bridgehead atoms. The fraction of sp³-hybridized carbons (Fsp3) is 0.542. The molecule has 0 aromatic heterocycles. The minimum atomic E-state index is -3.97. The second kappa shape index (κ2) is 12.8. The molecule has 216 valence electrons. The molecule has 39 heavy (non-hydrogen) atoms. The van der Waals surface area contributed by atoms with E-state index in [0.29, 0.717) is 25.7 Å². The molecule has 1 amide bonds. The lowest BCUT2D eigenvalue weighted by atomic mass is 9.75. The molecule has 1 aliphatic heterocycles. The summed E-state index contributed by atoms with van der Waals surface area (Å²) in [5.74, 6) is -1.03. The summed E-state index contributed by atoms with van der Waals surface area (Å²) in [6, 6.07) is 9.09. The van der Waals surface area contributed by atoms with Crippen molar-refractivity contribution < 1.29 is 44.3 Å². The van der Waals surface area contributed by atoms with Gasteiger partial charge in [0.2, 0.25) is 0 Å². The summed E-state index contributed by atoms with van der Waals surface area (Å²) in [6.07, 6.45) is 2.61. The normalized spacial score (nSPS) is 21.8. The number of esters is 1. The molecule has 1 saturated carbocycles. The number of hydrogen-bond acceptors (Lipinski definition) is 12. The number of aliphatic imine (C=N–C) groups is 1. The zero-order chi connectivity index (χ0) is 28.7. The number of nitrogens with one attached hydrogen (secondary N) is 2. The Balaban J connectivity index is 1.89. The van der Waals surface area contributed by atoms with Gasteiger partial charge in [0.05, 0.1) is 32.3 Å². The van der Waals surface area contributed by atoms with Crippen LogP contribution in [0.1, 0.15) is 38.2 Å². The highest BCUT2D eigenvalue weighted by atomic mass is 32.2. The van der Waals surface area contributed by atoms with Crippen molar-refractivity contribution in [3.05, 3.63) is 47.4 Å². The van der Waals surface area contributed by atoms with Crippen LogP contribution in [0.15, 0.2) is 46.8 Å². The van der Waals surface area contributed by atoms with Crippen LogP contribution in [0.4, 0.5) is 4.79 Å². The molecule has 1 aliphatic carbocycles. The second-order valence-corrected chi connectivity index (χ2v) is 12.5. The Labute approximate surface area is 228 Å². The third kappa shape index (κ3) is 9.21. The monoisotopic (exact) mass is 587 g/mol. The van der Waals surface area contributed by atoms with Gasteiger partial charge in [-0.2, -0.15) is 16.8 Å². The summed E-state index contributed by atoms with van der Waals surface area (Å²) in [4.78, 5) is 29.9. The number of rotatable bonds is 11. The largest absolute Gasteiger partial charge is 0.461 e. The summed E-state index contributed by atoms with van der Waals surface area (Å²) >= 11 is 0. The van der Waals surface area contributed by atoms with E-state index >= 15 is 0 Å². The molecule has 1 aromatic carbocycles. The van der Waals surface area contributed by atoms with Crippen molar-refractivity contribution in [1.82, 2.24) is 10.6 Å². The van der Waals surface area contributed by atoms with Crippen LogP contribution in [0.2, 0.25) is 0 Å². The average Bonchev–Trinajstić information content (AvgIpc) is 2.86. The molecule has 0 radical (unpaired) electrons. The molecule has 15 heteroatoms. The number of ether oxygens (including phenoxy) is 2. The minimum absolute atomic E-state index is 0.00635. The Morgan fingerprint density at radius 2 is 1.72 bits per heavy atom. The number of carbonyl (C=O) groups is 2. The molecule has 0 unspecified atom stereocenters. The average molecular weight is 588 g/mol. The van der Waals surface area contributed by atoms with E-state index in [0.717, 1.165) is 18.1 Å². The van der Waals surface area contributed by atoms with Crippen molar-refractivity contribution in [3.63, 3.8) is 0 Å². The van der Waals surface area contributed by atoms with Gasteiger partial charge in [-0.15, -0.1) is 0 Å². The number of amidine groups is 1. The molecule has 13 nitrogen and oxygen atoms in total. The minimum Gasteiger partial charge on any atom is -0.461 e. The first-order valence-electron chi connectivity index (χ1n) is 12.3. The smallest absolute Gasteiger partial charge is 0.408 e. The standard InChI is InChI=1S/C24H33N3O10S2/c1-4-34-21(28)20-19(37-39(3,32)33)14-25-22(26-20)24(12-10-18(11-13-24)16-36-38(2,30)31)27-23(29)35-15-17-8-6-5-7-9-17/h5-9,18H,4,10-16H2,1-3H3,(H,25,26)(H,27,29). The molecule has 1 heterocycles. The van der Waals surface area contributed by atoms with E-state index in [2.05, 4.69) is 15.6 Å². The highest BCUT2D eigenvalue weighted by molar-refractivity contribution is 7.86. The van der Waals surface area contributed by atoms with E-state index in [4.69, 9.17) is 17.8 Å². The zero-order valence-electron chi connectivity index (χ0n) is 22.0. The summed E-state index contributed by atoms with van der Waals surface area (Å²) in [5.41, 5.74) is -0.687.